The van der Waals surface area contributed by atoms with E-state index in [-0.39, 0.29) is 23.3 Å². The van der Waals surface area contributed by atoms with Crippen LogP contribution in [-0.2, 0) is 13.2 Å². The third kappa shape index (κ3) is 5.10. The van der Waals surface area contributed by atoms with Gasteiger partial charge in [0.1, 0.15) is 17.2 Å². The molecule has 186 valence electrons. The molecule has 36 heavy (non-hydrogen) atoms. The summed E-state index contributed by atoms with van der Waals surface area (Å²) in [6.07, 6.45) is -2.05. The lowest BCUT2D eigenvalue weighted by atomic mass is 10.2. The van der Waals surface area contributed by atoms with Crippen molar-refractivity contribution in [2.45, 2.75) is 18.6 Å². The molecule has 11 heteroatoms. The lowest BCUT2D eigenvalue weighted by Gasteiger charge is -2.11. The number of imidazole rings is 1. The lowest BCUT2D eigenvalue weighted by molar-refractivity contribution is -0.137. The number of carbonyl (C=O) groups excluding carboxylic acids is 1. The fourth-order valence-corrected chi connectivity index (χ4v) is 4.03. The van der Waals surface area contributed by atoms with Crippen molar-refractivity contribution in [2.24, 2.45) is 7.05 Å². The van der Waals surface area contributed by atoms with Gasteiger partial charge in [-0.25, -0.2) is 4.98 Å². The Morgan fingerprint density at radius 1 is 1.14 bits per heavy atom. The van der Waals surface area contributed by atoms with Gasteiger partial charge in [0.2, 0.25) is 5.95 Å². The normalized spacial score (nSPS) is 15.7. The van der Waals surface area contributed by atoms with Crippen molar-refractivity contribution in [3.63, 3.8) is 0 Å². The zero-order valence-electron chi connectivity index (χ0n) is 19.3. The molecule has 3 N–H and O–H groups in total. The van der Waals surface area contributed by atoms with Gasteiger partial charge in [-0.1, -0.05) is 6.07 Å². The highest BCUT2D eigenvalue weighted by atomic mass is 19.4. The molecule has 0 bridgehead atoms. The van der Waals surface area contributed by atoms with Crippen LogP contribution in [0.2, 0.25) is 0 Å². The lowest BCUT2D eigenvalue weighted by Crippen LogP contribution is -2.36. The molecule has 0 radical (unpaired) electrons. The van der Waals surface area contributed by atoms with Crippen LogP contribution in [0.15, 0.2) is 60.8 Å². The van der Waals surface area contributed by atoms with E-state index < -0.39 is 11.7 Å². The molecule has 5 rings (SSSR count). The molecule has 8 nitrogen and oxygen atoms in total. The Morgan fingerprint density at radius 3 is 2.75 bits per heavy atom. The summed E-state index contributed by atoms with van der Waals surface area (Å²) in [4.78, 5) is 21.2. The standard InChI is InChI=1S/C25H23F3N6O2/c1-34-22-6-5-18(36-19-8-10-30-21(13-19)23(35)31-17-7-9-29-14-17)12-20(22)33-24(34)32-16-4-2-3-15(11-16)25(26,27)28/h2-6,8,10-13,17,29H,7,9,14H2,1H3,(H,31,35)(H,32,33). The van der Waals surface area contributed by atoms with Crippen LogP contribution < -0.4 is 20.7 Å². The second kappa shape index (κ2) is 9.50. The average Bonchev–Trinajstić information content (AvgIpc) is 3.46. The minimum absolute atomic E-state index is 0.0779. The van der Waals surface area contributed by atoms with Crippen LogP contribution >= 0.6 is 0 Å². The van der Waals surface area contributed by atoms with Gasteiger partial charge in [-0.05, 0) is 49.4 Å². The smallest absolute Gasteiger partial charge is 0.416 e. The number of hydrogen-bond acceptors (Lipinski definition) is 6. The van der Waals surface area contributed by atoms with Crippen LogP contribution in [0, 0.1) is 0 Å². The first kappa shape index (κ1) is 23.6. The molecule has 1 amide bonds. The van der Waals surface area contributed by atoms with Gasteiger partial charge in [-0.3, -0.25) is 9.78 Å². The van der Waals surface area contributed by atoms with E-state index in [4.69, 9.17) is 4.74 Å². The van der Waals surface area contributed by atoms with E-state index in [0.717, 1.165) is 37.2 Å². The van der Waals surface area contributed by atoms with Crippen LogP contribution in [0.4, 0.5) is 24.8 Å². The molecule has 1 saturated heterocycles. The number of amides is 1. The number of fused-ring (bicyclic) bond motifs is 1. The molecule has 0 saturated carbocycles. The zero-order chi connectivity index (χ0) is 25.3. The summed E-state index contributed by atoms with van der Waals surface area (Å²) in [6.45, 7) is 1.60. The molecule has 0 aliphatic carbocycles. The first-order chi connectivity index (χ1) is 17.3. The number of rotatable bonds is 6. The van der Waals surface area contributed by atoms with Crippen molar-refractivity contribution in [1.82, 2.24) is 25.2 Å². The first-order valence-corrected chi connectivity index (χ1v) is 11.3. The number of aryl methyl sites for hydroxylation is 1. The summed E-state index contributed by atoms with van der Waals surface area (Å²) < 4.78 is 46.8. The largest absolute Gasteiger partial charge is 0.457 e. The minimum atomic E-state index is -4.43. The number of benzene rings is 2. The molecule has 3 heterocycles. The number of carbonyl (C=O) groups is 1. The maximum atomic E-state index is 13.0. The highest BCUT2D eigenvalue weighted by Gasteiger charge is 2.30. The van der Waals surface area contributed by atoms with Gasteiger partial charge in [0.15, 0.2) is 0 Å². The summed E-state index contributed by atoms with van der Waals surface area (Å²) in [6, 6.07) is 13.5. The molecule has 1 unspecified atom stereocenters. The molecule has 4 aromatic rings. The second-order valence-electron chi connectivity index (χ2n) is 8.49. The van der Waals surface area contributed by atoms with Crippen LogP contribution in [0.3, 0.4) is 0 Å². The summed E-state index contributed by atoms with van der Waals surface area (Å²) in [7, 11) is 1.76. The summed E-state index contributed by atoms with van der Waals surface area (Å²) in [5, 5.41) is 9.09. The van der Waals surface area contributed by atoms with E-state index in [0.29, 0.717) is 23.0 Å². The van der Waals surface area contributed by atoms with Crippen molar-refractivity contribution in [1.29, 1.82) is 0 Å². The number of nitrogens with zero attached hydrogens (tertiary/aromatic N) is 3. The van der Waals surface area contributed by atoms with Gasteiger partial charge in [-0.15, -0.1) is 0 Å². The van der Waals surface area contributed by atoms with Crippen molar-refractivity contribution >= 4 is 28.6 Å². The van der Waals surface area contributed by atoms with Crippen LogP contribution in [-0.4, -0.2) is 39.6 Å². The first-order valence-electron chi connectivity index (χ1n) is 11.3. The maximum Gasteiger partial charge on any atom is 0.416 e. The predicted molar refractivity (Wildman–Crippen MR) is 128 cm³/mol. The fraction of sp³-hybridized carbons (Fsp3) is 0.240. The Morgan fingerprint density at radius 2 is 1.97 bits per heavy atom. The van der Waals surface area contributed by atoms with E-state index in [2.05, 4.69) is 25.9 Å². The molecule has 1 fully saturated rings. The molecule has 2 aromatic carbocycles. The van der Waals surface area contributed by atoms with Gasteiger partial charge >= 0.3 is 6.18 Å². The Kier molecular flexibility index (Phi) is 6.23. The molecule has 0 spiro atoms. The number of ether oxygens (including phenoxy) is 1. The zero-order valence-corrected chi connectivity index (χ0v) is 19.3. The summed E-state index contributed by atoms with van der Waals surface area (Å²) >= 11 is 0. The summed E-state index contributed by atoms with van der Waals surface area (Å²) in [5.74, 6) is 1.05. The van der Waals surface area contributed by atoms with Crippen LogP contribution in [0.5, 0.6) is 11.5 Å². The van der Waals surface area contributed by atoms with Crippen molar-refractivity contribution in [3.8, 4) is 11.5 Å². The van der Waals surface area contributed by atoms with Gasteiger partial charge in [-0.2, -0.15) is 13.2 Å². The van der Waals surface area contributed by atoms with Crippen molar-refractivity contribution in [3.05, 3.63) is 72.1 Å². The number of nitrogens with one attached hydrogen (secondary N) is 3. The van der Waals surface area contributed by atoms with E-state index in [9.17, 15) is 18.0 Å². The Bertz CT molecular complexity index is 1410. The molecule has 2 aromatic heterocycles. The van der Waals surface area contributed by atoms with Gasteiger partial charge < -0.3 is 25.3 Å². The predicted octanol–water partition coefficient (Wildman–Crippen LogP) is 4.61. The van der Waals surface area contributed by atoms with Crippen LogP contribution in [0.1, 0.15) is 22.5 Å². The van der Waals surface area contributed by atoms with E-state index in [1.165, 1.54) is 12.3 Å². The summed E-state index contributed by atoms with van der Waals surface area (Å²) in [5.41, 5.74) is 1.14. The number of anilines is 2. The van der Waals surface area contributed by atoms with Gasteiger partial charge in [0.05, 0.1) is 16.6 Å². The molecular formula is C25H23F3N6O2. The fourth-order valence-electron chi connectivity index (χ4n) is 4.03. The SMILES string of the molecule is Cn1c(Nc2cccc(C(F)(F)F)c2)nc2cc(Oc3ccnc(C(=O)NC4CCNC4)c3)ccc21. The maximum absolute atomic E-state index is 13.0. The highest BCUT2D eigenvalue weighted by molar-refractivity contribution is 5.92. The number of hydrogen-bond donors (Lipinski definition) is 3. The molecule has 1 atom stereocenters. The number of aromatic nitrogens is 3. The Hall–Kier alpha value is -4.12. The van der Waals surface area contributed by atoms with E-state index in [1.807, 2.05) is 0 Å². The minimum Gasteiger partial charge on any atom is -0.457 e. The molecule has 1 aliphatic rings. The third-order valence-corrected chi connectivity index (χ3v) is 5.89. The number of alkyl halides is 3. The van der Waals surface area contributed by atoms with E-state index >= 15 is 0 Å². The topological polar surface area (TPSA) is 93.1 Å². The van der Waals surface area contributed by atoms with Crippen molar-refractivity contribution < 1.29 is 22.7 Å². The quantitative estimate of drug-likeness (QED) is 0.361. The van der Waals surface area contributed by atoms with E-state index in [1.54, 1.807) is 48.0 Å². The molecule has 1 aliphatic heterocycles. The third-order valence-electron chi connectivity index (χ3n) is 5.89. The monoisotopic (exact) mass is 496 g/mol. The average molecular weight is 496 g/mol. The number of pyridine rings is 1. The Labute approximate surface area is 204 Å². The molecular weight excluding hydrogens is 473 g/mol. The van der Waals surface area contributed by atoms with Gasteiger partial charge in [0, 0.05) is 43.7 Å². The van der Waals surface area contributed by atoms with Crippen LogP contribution in [0.25, 0.3) is 11.0 Å². The Balaban J connectivity index is 1.33. The second-order valence-corrected chi connectivity index (χ2v) is 8.49. The van der Waals surface area contributed by atoms with Crippen molar-refractivity contribution in [2.75, 3.05) is 18.4 Å². The van der Waals surface area contributed by atoms with Gasteiger partial charge in [0.25, 0.3) is 5.91 Å². The highest BCUT2D eigenvalue weighted by Crippen LogP contribution is 2.32. The number of halogens is 3.